The molecule has 1 aliphatic carbocycles. The van der Waals surface area contributed by atoms with Crippen LogP contribution < -0.4 is 0 Å². The number of aromatic nitrogens is 3. The summed E-state index contributed by atoms with van der Waals surface area (Å²) in [5.74, 6) is 0.666. The molecule has 1 aliphatic rings. The first-order valence-electron chi connectivity index (χ1n) is 14.6. The molecular weight excluding hydrogens is 546 g/mol. The summed E-state index contributed by atoms with van der Waals surface area (Å²) in [6.45, 7) is 4.66. The largest absolute Gasteiger partial charge is 0.278 e. The van der Waals surface area contributed by atoms with Crippen molar-refractivity contribution in [2.75, 3.05) is 0 Å². The number of halogens is 1. The van der Waals surface area contributed by atoms with Crippen LogP contribution in [-0.2, 0) is 5.41 Å². The Balaban J connectivity index is 1.38. The quantitative estimate of drug-likeness (QED) is 0.206. The maximum Gasteiger partial charge on any atom is 0.235 e. The molecule has 0 saturated heterocycles. The summed E-state index contributed by atoms with van der Waals surface area (Å²) in [7, 11) is 0. The fraction of sp³-hybridized carbons (Fsp3) is 0.0769. The van der Waals surface area contributed by atoms with E-state index in [-0.39, 0.29) is 5.41 Å². The minimum atomic E-state index is -0.165. The topological polar surface area (TPSA) is 30.7 Å². The normalized spacial score (nSPS) is 13.7. The lowest BCUT2D eigenvalue weighted by molar-refractivity contribution is 0.662. The lowest BCUT2D eigenvalue weighted by Crippen LogP contribution is -2.16. The highest BCUT2D eigenvalue weighted by Gasteiger charge is 2.38. The zero-order chi connectivity index (χ0) is 28.9. The molecule has 0 radical (unpaired) electrons. The monoisotopic (exact) mass is 571 g/mol. The SMILES string of the molecule is CC1(C)c2ccccc2-c2cccc(-c3nc(-n4c5ccccc5c5cc6cc(Cl)ccc6cc54)nc4ccccc34)c21. The number of nitrogens with zero attached hydrogens (tertiary/aromatic N) is 3. The summed E-state index contributed by atoms with van der Waals surface area (Å²) in [5.41, 5.74) is 10.3. The minimum Gasteiger partial charge on any atom is -0.278 e. The highest BCUT2D eigenvalue weighted by atomic mass is 35.5. The van der Waals surface area contributed by atoms with Crippen LogP contribution in [0, 0.1) is 0 Å². The Morgan fingerprint density at radius 3 is 2.23 bits per heavy atom. The molecule has 8 aromatic rings. The second kappa shape index (κ2) is 8.76. The average Bonchev–Trinajstić information content (AvgIpc) is 3.48. The first-order chi connectivity index (χ1) is 21.0. The van der Waals surface area contributed by atoms with Crippen LogP contribution in [0.25, 0.3) is 71.8 Å². The van der Waals surface area contributed by atoms with Crippen LogP contribution in [0.4, 0.5) is 0 Å². The minimum absolute atomic E-state index is 0.165. The average molecular weight is 572 g/mol. The van der Waals surface area contributed by atoms with Gasteiger partial charge < -0.3 is 0 Å². The predicted octanol–water partition coefficient (Wildman–Crippen LogP) is 10.5. The fourth-order valence-corrected chi connectivity index (χ4v) is 7.49. The standard InChI is InChI=1S/C39H26ClN3/c1-39(2)32-15-6-3-10-26(32)28-13-9-14-30(36(28)39)37-29-12-4-7-16-33(29)41-38(42-37)43-34-17-8-5-11-27(34)31-21-24-20-25(40)19-18-23(24)22-35(31)43/h3-22H,1-2H3. The van der Waals surface area contributed by atoms with Gasteiger partial charge in [-0.3, -0.25) is 4.57 Å². The van der Waals surface area contributed by atoms with Crippen molar-refractivity contribution in [3.63, 3.8) is 0 Å². The molecule has 0 bridgehead atoms. The molecule has 0 aliphatic heterocycles. The van der Waals surface area contributed by atoms with Gasteiger partial charge in [0.05, 0.1) is 22.2 Å². The Bertz CT molecular complexity index is 2450. The highest BCUT2D eigenvalue weighted by molar-refractivity contribution is 6.31. The van der Waals surface area contributed by atoms with Crippen LogP contribution in [0.1, 0.15) is 25.0 Å². The summed E-state index contributed by atoms with van der Waals surface area (Å²) in [5, 5.41) is 6.34. The molecule has 0 fully saturated rings. The van der Waals surface area contributed by atoms with Crippen LogP contribution in [0.3, 0.4) is 0 Å². The third-order valence-electron chi connectivity index (χ3n) is 9.22. The molecule has 0 N–H and O–H groups in total. The van der Waals surface area contributed by atoms with Crippen molar-refractivity contribution in [2.45, 2.75) is 19.3 Å². The van der Waals surface area contributed by atoms with E-state index in [1.165, 1.54) is 22.3 Å². The molecule has 6 aromatic carbocycles. The second-order valence-corrected chi connectivity index (χ2v) is 12.4. The van der Waals surface area contributed by atoms with Crippen molar-refractivity contribution in [1.29, 1.82) is 0 Å². The molecule has 0 amide bonds. The van der Waals surface area contributed by atoms with Gasteiger partial charge in [-0.05, 0) is 69.4 Å². The number of rotatable bonds is 2. The van der Waals surface area contributed by atoms with Crippen molar-refractivity contribution in [1.82, 2.24) is 14.5 Å². The van der Waals surface area contributed by atoms with E-state index in [2.05, 4.69) is 128 Å². The van der Waals surface area contributed by atoms with Gasteiger partial charge in [0.2, 0.25) is 5.95 Å². The van der Waals surface area contributed by atoms with Gasteiger partial charge in [-0.1, -0.05) is 110 Å². The van der Waals surface area contributed by atoms with Gasteiger partial charge in [0, 0.05) is 32.2 Å². The van der Waals surface area contributed by atoms with E-state index in [1.54, 1.807) is 0 Å². The number of hydrogen-bond donors (Lipinski definition) is 0. The van der Waals surface area contributed by atoms with Gasteiger partial charge in [0.15, 0.2) is 0 Å². The van der Waals surface area contributed by atoms with E-state index in [0.29, 0.717) is 5.95 Å². The van der Waals surface area contributed by atoms with Gasteiger partial charge in [-0.15, -0.1) is 0 Å². The molecule has 2 heterocycles. The molecule has 43 heavy (non-hydrogen) atoms. The maximum absolute atomic E-state index is 6.38. The van der Waals surface area contributed by atoms with Crippen molar-refractivity contribution < 1.29 is 0 Å². The molecule has 204 valence electrons. The molecule has 9 rings (SSSR count). The zero-order valence-corrected chi connectivity index (χ0v) is 24.5. The van der Waals surface area contributed by atoms with E-state index in [9.17, 15) is 0 Å². The Morgan fingerprint density at radius 1 is 0.581 bits per heavy atom. The molecule has 0 atom stereocenters. The van der Waals surface area contributed by atoms with E-state index in [1.807, 2.05) is 12.1 Å². The van der Waals surface area contributed by atoms with E-state index < -0.39 is 0 Å². The summed E-state index contributed by atoms with van der Waals surface area (Å²) in [6.07, 6.45) is 0. The van der Waals surface area contributed by atoms with Gasteiger partial charge in [0.25, 0.3) is 0 Å². The lowest BCUT2D eigenvalue weighted by Gasteiger charge is -2.24. The number of benzene rings is 6. The van der Waals surface area contributed by atoms with Gasteiger partial charge in [-0.2, -0.15) is 0 Å². The molecule has 3 nitrogen and oxygen atoms in total. The van der Waals surface area contributed by atoms with Crippen molar-refractivity contribution in [2.24, 2.45) is 0 Å². The third-order valence-corrected chi connectivity index (χ3v) is 9.45. The van der Waals surface area contributed by atoms with Gasteiger partial charge in [0.1, 0.15) is 0 Å². The zero-order valence-electron chi connectivity index (χ0n) is 23.8. The molecule has 0 spiro atoms. The predicted molar refractivity (Wildman–Crippen MR) is 179 cm³/mol. The number of para-hydroxylation sites is 2. The van der Waals surface area contributed by atoms with Crippen LogP contribution >= 0.6 is 11.6 Å². The van der Waals surface area contributed by atoms with Crippen molar-refractivity contribution in [3.05, 3.63) is 137 Å². The molecule has 0 saturated carbocycles. The Labute approximate surface area is 254 Å². The summed E-state index contributed by atoms with van der Waals surface area (Å²) in [6, 6.07) is 42.8. The molecular formula is C39H26ClN3. The van der Waals surface area contributed by atoms with Crippen LogP contribution in [0.5, 0.6) is 0 Å². The molecule has 4 heteroatoms. The highest BCUT2D eigenvalue weighted by Crippen LogP contribution is 2.52. The number of hydrogen-bond acceptors (Lipinski definition) is 2. The van der Waals surface area contributed by atoms with Crippen molar-refractivity contribution in [3.8, 4) is 28.3 Å². The van der Waals surface area contributed by atoms with Crippen LogP contribution in [0.2, 0.25) is 5.02 Å². The van der Waals surface area contributed by atoms with E-state index >= 15 is 0 Å². The third kappa shape index (κ3) is 3.43. The summed E-state index contributed by atoms with van der Waals surface area (Å²) >= 11 is 6.38. The van der Waals surface area contributed by atoms with Crippen LogP contribution in [0.15, 0.2) is 121 Å². The fourth-order valence-electron chi connectivity index (χ4n) is 7.31. The van der Waals surface area contributed by atoms with E-state index in [4.69, 9.17) is 21.6 Å². The summed E-state index contributed by atoms with van der Waals surface area (Å²) in [4.78, 5) is 10.6. The molecule has 2 aromatic heterocycles. The Kier molecular flexibility index (Phi) is 5.01. The second-order valence-electron chi connectivity index (χ2n) is 12.0. The first kappa shape index (κ1) is 24.6. The summed E-state index contributed by atoms with van der Waals surface area (Å²) < 4.78 is 2.22. The maximum atomic E-state index is 6.38. The molecule has 0 unspecified atom stereocenters. The van der Waals surface area contributed by atoms with Crippen LogP contribution in [-0.4, -0.2) is 14.5 Å². The van der Waals surface area contributed by atoms with Gasteiger partial charge in [-0.25, -0.2) is 9.97 Å². The Morgan fingerprint density at radius 2 is 1.33 bits per heavy atom. The first-order valence-corrected chi connectivity index (χ1v) is 15.0. The Hall–Kier alpha value is -4.99. The van der Waals surface area contributed by atoms with Gasteiger partial charge >= 0.3 is 0 Å². The van der Waals surface area contributed by atoms with Crippen molar-refractivity contribution >= 4 is 55.1 Å². The lowest BCUT2D eigenvalue weighted by atomic mass is 9.79. The smallest absolute Gasteiger partial charge is 0.235 e. The number of fused-ring (bicyclic) bond motifs is 8. The van der Waals surface area contributed by atoms with E-state index in [0.717, 1.165) is 59.8 Å².